The zero-order valence-electron chi connectivity index (χ0n) is 17.4. The van der Waals surface area contributed by atoms with Crippen LogP contribution in [0.25, 0.3) is 10.9 Å². The number of methoxy groups -OCH3 is 2. The number of fused-ring (bicyclic) bond motifs is 1. The van der Waals surface area contributed by atoms with E-state index in [1.807, 2.05) is 42.2 Å². The minimum absolute atomic E-state index is 0.0283. The second kappa shape index (κ2) is 8.18. The number of carbonyl (C=O) groups excluding carboxylic acids is 1. The van der Waals surface area contributed by atoms with Crippen molar-refractivity contribution in [1.82, 2.24) is 14.5 Å². The quantitative estimate of drug-likeness (QED) is 0.650. The molecule has 7 heteroatoms. The number of benzene rings is 2. The summed E-state index contributed by atoms with van der Waals surface area (Å²) < 4.78 is 12.1. The molecule has 3 aromatic rings. The van der Waals surface area contributed by atoms with E-state index in [9.17, 15) is 9.59 Å². The molecule has 0 aliphatic carbocycles. The van der Waals surface area contributed by atoms with Crippen LogP contribution in [0.15, 0.2) is 47.5 Å². The average Bonchev–Trinajstić information content (AvgIpc) is 3.25. The highest BCUT2D eigenvalue weighted by atomic mass is 16.5. The number of amides is 1. The summed E-state index contributed by atoms with van der Waals surface area (Å²) in [5.41, 5.74) is 2.42. The van der Waals surface area contributed by atoms with Gasteiger partial charge in [0.15, 0.2) is 11.5 Å². The van der Waals surface area contributed by atoms with E-state index in [1.165, 1.54) is 10.9 Å². The first-order valence-electron chi connectivity index (χ1n) is 9.99. The maximum atomic E-state index is 13.1. The number of aryl methyl sites for hydroxylation is 1. The van der Waals surface area contributed by atoms with E-state index in [-0.39, 0.29) is 24.1 Å². The first-order valence-corrected chi connectivity index (χ1v) is 9.99. The molecule has 1 amide bonds. The molecule has 156 valence electrons. The smallest absolute Gasteiger partial charge is 0.261 e. The molecular formula is C23H25N3O4. The van der Waals surface area contributed by atoms with Crippen molar-refractivity contribution < 1.29 is 14.3 Å². The lowest BCUT2D eigenvalue weighted by molar-refractivity contribution is -0.132. The number of hydrogen-bond donors (Lipinski definition) is 0. The Kier molecular flexibility index (Phi) is 5.44. The Morgan fingerprint density at radius 1 is 1.17 bits per heavy atom. The van der Waals surface area contributed by atoms with Crippen molar-refractivity contribution in [2.75, 3.05) is 20.8 Å². The first kappa shape index (κ1) is 19.9. The predicted octanol–water partition coefficient (Wildman–Crippen LogP) is 3.09. The number of ether oxygens (including phenoxy) is 2. The molecule has 1 aliphatic rings. The number of para-hydroxylation sites is 1. The normalized spacial score (nSPS) is 16.1. The Hall–Kier alpha value is -3.35. The topological polar surface area (TPSA) is 73.7 Å². The van der Waals surface area contributed by atoms with Crippen LogP contribution in [0.4, 0.5) is 0 Å². The van der Waals surface area contributed by atoms with Crippen molar-refractivity contribution >= 4 is 16.8 Å². The Labute approximate surface area is 174 Å². The number of likely N-dealkylation sites (tertiary alicyclic amines) is 1. The number of aromatic nitrogens is 2. The van der Waals surface area contributed by atoms with Crippen molar-refractivity contribution in [2.45, 2.75) is 32.4 Å². The third-order valence-electron chi connectivity index (χ3n) is 5.73. The standard InChI is InChI=1S/C23H25N3O4/c1-15-6-4-7-17-22(15)24-14-25(23(17)28)13-21(27)26-11-5-8-18(26)16-9-10-19(29-2)20(12-16)30-3/h4,6-7,9-10,12,14,18H,5,8,11,13H2,1-3H3. The Balaban J connectivity index is 1.60. The molecule has 4 rings (SSSR count). The summed E-state index contributed by atoms with van der Waals surface area (Å²) in [5, 5.41) is 0.531. The molecule has 1 fully saturated rings. The Morgan fingerprint density at radius 3 is 2.73 bits per heavy atom. The molecule has 0 saturated carbocycles. The predicted molar refractivity (Wildman–Crippen MR) is 114 cm³/mol. The van der Waals surface area contributed by atoms with Gasteiger partial charge in [-0.25, -0.2) is 4.98 Å². The second-order valence-electron chi connectivity index (χ2n) is 7.51. The van der Waals surface area contributed by atoms with Gasteiger partial charge in [0, 0.05) is 6.54 Å². The zero-order valence-corrected chi connectivity index (χ0v) is 17.4. The molecule has 0 N–H and O–H groups in total. The fourth-order valence-electron chi connectivity index (χ4n) is 4.16. The van der Waals surface area contributed by atoms with Gasteiger partial charge in [-0.2, -0.15) is 0 Å². The molecular weight excluding hydrogens is 382 g/mol. The molecule has 1 atom stereocenters. The van der Waals surface area contributed by atoms with Crippen LogP contribution in [-0.2, 0) is 11.3 Å². The summed E-state index contributed by atoms with van der Waals surface area (Å²) in [4.78, 5) is 32.2. The third kappa shape index (κ3) is 3.51. The molecule has 1 saturated heterocycles. The highest BCUT2D eigenvalue weighted by Gasteiger charge is 2.30. The highest BCUT2D eigenvalue weighted by Crippen LogP contribution is 2.37. The summed E-state index contributed by atoms with van der Waals surface area (Å²) in [6, 6.07) is 11.2. The van der Waals surface area contributed by atoms with E-state index < -0.39 is 0 Å². The fraction of sp³-hybridized carbons (Fsp3) is 0.348. The molecule has 7 nitrogen and oxygen atoms in total. The Morgan fingerprint density at radius 2 is 1.97 bits per heavy atom. The number of rotatable bonds is 5. The molecule has 2 heterocycles. The SMILES string of the molecule is COc1ccc(C2CCCN2C(=O)Cn2cnc3c(C)cccc3c2=O)cc1OC. The number of nitrogens with zero attached hydrogens (tertiary/aromatic N) is 3. The maximum absolute atomic E-state index is 13.1. The number of hydrogen-bond acceptors (Lipinski definition) is 5. The highest BCUT2D eigenvalue weighted by molar-refractivity contribution is 5.81. The van der Waals surface area contributed by atoms with Crippen LogP contribution in [0.1, 0.15) is 30.0 Å². The van der Waals surface area contributed by atoms with E-state index in [1.54, 1.807) is 20.3 Å². The first-order chi connectivity index (χ1) is 14.5. The average molecular weight is 407 g/mol. The van der Waals surface area contributed by atoms with Crippen molar-refractivity contribution in [3.63, 3.8) is 0 Å². The summed E-state index contributed by atoms with van der Waals surface area (Å²) in [6.07, 6.45) is 3.25. The van der Waals surface area contributed by atoms with Crippen molar-refractivity contribution in [3.05, 3.63) is 64.2 Å². The van der Waals surface area contributed by atoms with Crippen LogP contribution in [0.3, 0.4) is 0 Å². The van der Waals surface area contributed by atoms with E-state index in [2.05, 4.69) is 4.98 Å². The van der Waals surface area contributed by atoms with Gasteiger partial charge >= 0.3 is 0 Å². The van der Waals surface area contributed by atoms with E-state index in [0.717, 1.165) is 24.0 Å². The molecule has 2 aromatic carbocycles. The summed E-state index contributed by atoms with van der Waals surface area (Å²) in [5.74, 6) is 1.20. The van der Waals surface area contributed by atoms with Gasteiger partial charge in [0.2, 0.25) is 5.91 Å². The van der Waals surface area contributed by atoms with Crippen LogP contribution in [0.5, 0.6) is 11.5 Å². The molecule has 1 aliphatic heterocycles. The van der Waals surface area contributed by atoms with Crippen LogP contribution >= 0.6 is 0 Å². The zero-order chi connectivity index (χ0) is 21.3. The lowest BCUT2D eigenvalue weighted by Crippen LogP contribution is -2.36. The second-order valence-corrected chi connectivity index (χ2v) is 7.51. The minimum atomic E-state index is -0.195. The molecule has 0 spiro atoms. The monoisotopic (exact) mass is 407 g/mol. The van der Waals surface area contributed by atoms with Crippen molar-refractivity contribution in [2.24, 2.45) is 0 Å². The van der Waals surface area contributed by atoms with Gasteiger partial charge in [-0.05, 0) is 49.1 Å². The van der Waals surface area contributed by atoms with Gasteiger partial charge < -0.3 is 14.4 Å². The van der Waals surface area contributed by atoms with Gasteiger partial charge in [0.25, 0.3) is 5.56 Å². The maximum Gasteiger partial charge on any atom is 0.261 e. The molecule has 0 bridgehead atoms. The molecule has 1 unspecified atom stereocenters. The largest absolute Gasteiger partial charge is 0.493 e. The van der Waals surface area contributed by atoms with Gasteiger partial charge in [-0.3, -0.25) is 14.2 Å². The van der Waals surface area contributed by atoms with E-state index in [4.69, 9.17) is 9.47 Å². The molecule has 0 radical (unpaired) electrons. The van der Waals surface area contributed by atoms with Crippen LogP contribution < -0.4 is 15.0 Å². The lowest BCUT2D eigenvalue weighted by Gasteiger charge is -2.26. The van der Waals surface area contributed by atoms with E-state index >= 15 is 0 Å². The van der Waals surface area contributed by atoms with Crippen molar-refractivity contribution in [3.8, 4) is 11.5 Å². The van der Waals surface area contributed by atoms with Crippen LogP contribution in [0, 0.1) is 6.92 Å². The summed E-state index contributed by atoms with van der Waals surface area (Å²) in [6.45, 7) is 2.55. The summed E-state index contributed by atoms with van der Waals surface area (Å²) in [7, 11) is 3.19. The third-order valence-corrected chi connectivity index (χ3v) is 5.73. The van der Waals surface area contributed by atoms with Crippen LogP contribution in [-0.4, -0.2) is 41.1 Å². The van der Waals surface area contributed by atoms with E-state index in [0.29, 0.717) is 28.9 Å². The minimum Gasteiger partial charge on any atom is -0.493 e. The van der Waals surface area contributed by atoms with Gasteiger partial charge in [-0.1, -0.05) is 18.2 Å². The Bertz CT molecular complexity index is 1150. The number of carbonyl (C=O) groups is 1. The summed E-state index contributed by atoms with van der Waals surface area (Å²) >= 11 is 0. The van der Waals surface area contributed by atoms with Gasteiger partial charge in [0.1, 0.15) is 6.54 Å². The van der Waals surface area contributed by atoms with Gasteiger partial charge in [-0.15, -0.1) is 0 Å². The van der Waals surface area contributed by atoms with Gasteiger partial charge in [0.05, 0.1) is 37.5 Å². The fourth-order valence-corrected chi connectivity index (χ4v) is 4.16. The molecule has 1 aromatic heterocycles. The lowest BCUT2D eigenvalue weighted by atomic mass is 10.0. The van der Waals surface area contributed by atoms with Crippen molar-refractivity contribution in [1.29, 1.82) is 0 Å². The molecule has 30 heavy (non-hydrogen) atoms. The van der Waals surface area contributed by atoms with Crippen LogP contribution in [0.2, 0.25) is 0 Å².